The first-order valence-electron chi connectivity index (χ1n) is 6.84. The van der Waals surface area contributed by atoms with Crippen LogP contribution in [0.2, 0.25) is 0 Å². The molecule has 3 N–H and O–H groups in total. The molecule has 0 fully saturated rings. The van der Waals surface area contributed by atoms with Crippen molar-refractivity contribution in [2.24, 2.45) is 0 Å². The molecule has 2 aromatic rings. The Labute approximate surface area is 120 Å². The van der Waals surface area contributed by atoms with E-state index in [2.05, 4.69) is 23.3 Å². The van der Waals surface area contributed by atoms with Crippen LogP contribution < -0.4 is 15.8 Å². The molecule has 0 aliphatic rings. The monoisotopic (exact) mass is 271 g/mol. The van der Waals surface area contributed by atoms with Crippen molar-refractivity contribution in [2.45, 2.75) is 19.9 Å². The molecule has 0 aliphatic heterocycles. The lowest BCUT2D eigenvalue weighted by Gasteiger charge is -2.20. The fourth-order valence-corrected chi connectivity index (χ4v) is 2.08. The number of rotatable bonds is 6. The maximum atomic E-state index is 5.98. The highest BCUT2D eigenvalue weighted by Gasteiger charge is 2.15. The summed E-state index contributed by atoms with van der Waals surface area (Å²) in [6, 6.07) is 11.9. The number of nitrogens with zero attached hydrogens (tertiary/aromatic N) is 1. The fraction of sp³-hybridized carbons (Fsp3) is 0.312. The SMILES string of the molecule is CCNC(COc1ccccc1)c1cc(C)cnc1N. The summed E-state index contributed by atoms with van der Waals surface area (Å²) in [6.45, 7) is 5.44. The predicted molar refractivity (Wildman–Crippen MR) is 81.7 cm³/mol. The number of nitrogens with two attached hydrogens (primary N) is 1. The minimum Gasteiger partial charge on any atom is -0.492 e. The molecular weight excluding hydrogens is 250 g/mol. The molecule has 2 rings (SSSR count). The van der Waals surface area contributed by atoms with E-state index >= 15 is 0 Å². The van der Waals surface area contributed by atoms with Gasteiger partial charge in [-0.2, -0.15) is 0 Å². The molecule has 1 heterocycles. The molecule has 0 saturated carbocycles. The summed E-state index contributed by atoms with van der Waals surface area (Å²) in [5.74, 6) is 1.41. The summed E-state index contributed by atoms with van der Waals surface area (Å²) in [4.78, 5) is 4.22. The van der Waals surface area contributed by atoms with Crippen molar-refractivity contribution in [3.63, 3.8) is 0 Å². The van der Waals surface area contributed by atoms with Crippen LogP contribution in [0.25, 0.3) is 0 Å². The lowest BCUT2D eigenvalue weighted by molar-refractivity contribution is 0.268. The molecule has 0 amide bonds. The Kier molecular flexibility index (Phi) is 4.96. The van der Waals surface area contributed by atoms with Gasteiger partial charge in [-0.15, -0.1) is 0 Å². The summed E-state index contributed by atoms with van der Waals surface area (Å²) in [6.07, 6.45) is 1.78. The summed E-state index contributed by atoms with van der Waals surface area (Å²) < 4.78 is 5.82. The number of nitrogen functional groups attached to an aromatic ring is 1. The van der Waals surface area contributed by atoms with Crippen LogP contribution in [0, 0.1) is 6.92 Å². The third-order valence-corrected chi connectivity index (χ3v) is 3.07. The third kappa shape index (κ3) is 3.71. The van der Waals surface area contributed by atoms with Gasteiger partial charge in [0.25, 0.3) is 0 Å². The fourth-order valence-electron chi connectivity index (χ4n) is 2.08. The maximum Gasteiger partial charge on any atom is 0.128 e. The van der Waals surface area contributed by atoms with E-state index in [0.717, 1.165) is 23.4 Å². The van der Waals surface area contributed by atoms with E-state index in [-0.39, 0.29) is 6.04 Å². The van der Waals surface area contributed by atoms with E-state index in [1.54, 1.807) is 6.20 Å². The number of aromatic nitrogens is 1. The van der Waals surface area contributed by atoms with Crippen molar-refractivity contribution in [1.82, 2.24) is 10.3 Å². The maximum absolute atomic E-state index is 5.98. The summed E-state index contributed by atoms with van der Waals surface area (Å²) in [5, 5.41) is 3.39. The van der Waals surface area contributed by atoms with Gasteiger partial charge in [0.05, 0.1) is 6.04 Å². The molecule has 4 nitrogen and oxygen atoms in total. The van der Waals surface area contributed by atoms with Gasteiger partial charge in [-0.05, 0) is 37.2 Å². The zero-order valence-corrected chi connectivity index (χ0v) is 12.0. The minimum atomic E-state index is 0.0348. The largest absolute Gasteiger partial charge is 0.492 e. The molecule has 0 aliphatic carbocycles. The molecule has 0 spiro atoms. The highest BCUT2D eigenvalue weighted by molar-refractivity contribution is 5.43. The second-order valence-corrected chi connectivity index (χ2v) is 4.72. The predicted octanol–water partition coefficient (Wildman–Crippen LogP) is 2.70. The van der Waals surface area contributed by atoms with Crippen LogP contribution in [-0.2, 0) is 0 Å². The van der Waals surface area contributed by atoms with Gasteiger partial charge in [-0.1, -0.05) is 25.1 Å². The van der Waals surface area contributed by atoms with Crippen molar-refractivity contribution in [3.8, 4) is 5.75 Å². The third-order valence-electron chi connectivity index (χ3n) is 3.07. The van der Waals surface area contributed by atoms with Crippen molar-refractivity contribution in [2.75, 3.05) is 18.9 Å². The number of para-hydroxylation sites is 1. The Morgan fingerprint density at radius 2 is 2.05 bits per heavy atom. The van der Waals surface area contributed by atoms with Crippen LogP contribution in [0.4, 0.5) is 5.82 Å². The number of nitrogens with one attached hydrogen (secondary N) is 1. The van der Waals surface area contributed by atoms with Crippen molar-refractivity contribution >= 4 is 5.82 Å². The van der Waals surface area contributed by atoms with Gasteiger partial charge >= 0.3 is 0 Å². The van der Waals surface area contributed by atoms with Gasteiger partial charge < -0.3 is 15.8 Å². The van der Waals surface area contributed by atoms with Crippen LogP contribution in [0.15, 0.2) is 42.6 Å². The quantitative estimate of drug-likeness (QED) is 0.848. The average molecular weight is 271 g/mol. The molecule has 1 atom stereocenters. The number of benzene rings is 1. The molecule has 4 heteroatoms. The van der Waals surface area contributed by atoms with E-state index in [1.807, 2.05) is 37.3 Å². The molecule has 106 valence electrons. The number of hydrogen-bond donors (Lipinski definition) is 2. The first kappa shape index (κ1) is 14.3. The molecule has 1 aromatic carbocycles. The van der Waals surface area contributed by atoms with E-state index < -0.39 is 0 Å². The molecule has 1 aromatic heterocycles. The van der Waals surface area contributed by atoms with Crippen molar-refractivity contribution in [3.05, 3.63) is 53.7 Å². The molecule has 0 bridgehead atoms. The lowest BCUT2D eigenvalue weighted by atomic mass is 10.1. The van der Waals surface area contributed by atoms with Gasteiger partial charge in [0, 0.05) is 11.8 Å². The summed E-state index contributed by atoms with van der Waals surface area (Å²) in [7, 11) is 0. The van der Waals surface area contributed by atoms with Crippen LogP contribution in [0.1, 0.15) is 24.1 Å². The zero-order chi connectivity index (χ0) is 14.4. The Hall–Kier alpha value is -2.07. The van der Waals surface area contributed by atoms with Crippen LogP contribution in [-0.4, -0.2) is 18.1 Å². The molecular formula is C16H21N3O. The number of likely N-dealkylation sites (N-methyl/N-ethyl adjacent to an activating group) is 1. The Morgan fingerprint density at radius 1 is 1.30 bits per heavy atom. The highest BCUT2D eigenvalue weighted by Crippen LogP contribution is 2.21. The standard InChI is InChI=1S/C16H21N3O/c1-3-18-15(11-20-13-7-5-4-6-8-13)14-9-12(2)10-19-16(14)17/h4-10,15,18H,3,11H2,1-2H3,(H2,17,19). The van der Waals surface area contributed by atoms with Gasteiger partial charge in [-0.25, -0.2) is 4.98 Å². The normalized spacial score (nSPS) is 12.1. The van der Waals surface area contributed by atoms with E-state index in [0.29, 0.717) is 12.4 Å². The van der Waals surface area contributed by atoms with Crippen LogP contribution in [0.5, 0.6) is 5.75 Å². The van der Waals surface area contributed by atoms with E-state index in [9.17, 15) is 0 Å². The van der Waals surface area contributed by atoms with Crippen molar-refractivity contribution in [1.29, 1.82) is 0 Å². The summed E-state index contributed by atoms with van der Waals surface area (Å²) in [5.41, 5.74) is 8.07. The lowest BCUT2D eigenvalue weighted by Crippen LogP contribution is -2.27. The van der Waals surface area contributed by atoms with Crippen LogP contribution in [0.3, 0.4) is 0 Å². The molecule has 0 saturated heterocycles. The van der Waals surface area contributed by atoms with Crippen molar-refractivity contribution < 1.29 is 4.74 Å². The van der Waals surface area contributed by atoms with Gasteiger partial charge in [0.2, 0.25) is 0 Å². The number of ether oxygens (including phenoxy) is 1. The first-order chi connectivity index (χ1) is 9.70. The number of aryl methyl sites for hydroxylation is 1. The topological polar surface area (TPSA) is 60.2 Å². The number of hydrogen-bond acceptors (Lipinski definition) is 4. The Bertz CT molecular complexity index is 543. The van der Waals surface area contributed by atoms with Gasteiger partial charge in [-0.3, -0.25) is 0 Å². The smallest absolute Gasteiger partial charge is 0.128 e. The Balaban J connectivity index is 2.12. The van der Waals surface area contributed by atoms with E-state index in [1.165, 1.54) is 0 Å². The van der Waals surface area contributed by atoms with Gasteiger partial charge in [0.1, 0.15) is 18.2 Å². The first-order valence-corrected chi connectivity index (χ1v) is 6.84. The molecule has 0 radical (unpaired) electrons. The van der Waals surface area contributed by atoms with Crippen LogP contribution >= 0.6 is 0 Å². The minimum absolute atomic E-state index is 0.0348. The number of anilines is 1. The molecule has 20 heavy (non-hydrogen) atoms. The highest BCUT2D eigenvalue weighted by atomic mass is 16.5. The van der Waals surface area contributed by atoms with Gasteiger partial charge in [0.15, 0.2) is 0 Å². The second kappa shape index (κ2) is 6.91. The average Bonchev–Trinajstić information content (AvgIpc) is 2.47. The summed E-state index contributed by atoms with van der Waals surface area (Å²) >= 11 is 0. The number of pyridine rings is 1. The zero-order valence-electron chi connectivity index (χ0n) is 12.0. The Morgan fingerprint density at radius 3 is 2.75 bits per heavy atom. The van der Waals surface area contributed by atoms with E-state index in [4.69, 9.17) is 10.5 Å². The molecule has 1 unspecified atom stereocenters. The second-order valence-electron chi connectivity index (χ2n) is 4.72.